The van der Waals surface area contributed by atoms with Crippen LogP contribution in [0.4, 0.5) is 0 Å². The highest BCUT2D eigenvalue weighted by Gasteiger charge is 2.31. The lowest BCUT2D eigenvalue weighted by atomic mass is 10.2. The van der Waals surface area contributed by atoms with Gasteiger partial charge in [-0.05, 0) is 23.8 Å². The number of aliphatic hydroxyl groups excluding tert-OH is 1. The number of carbonyl (C=O) groups excluding carboxylic acids is 1. The number of halogens is 1. The van der Waals surface area contributed by atoms with Crippen LogP contribution in [0.25, 0.3) is 6.08 Å². The molecule has 1 aromatic carbocycles. The van der Waals surface area contributed by atoms with Gasteiger partial charge < -0.3 is 5.11 Å². The molecule has 1 aliphatic heterocycles. The molecule has 18 heavy (non-hydrogen) atoms. The summed E-state index contributed by atoms with van der Waals surface area (Å²) in [7, 11) is 0. The number of carbonyl (C=O) groups is 1. The summed E-state index contributed by atoms with van der Waals surface area (Å²) in [6.45, 7) is 0.164. The summed E-state index contributed by atoms with van der Waals surface area (Å²) in [4.78, 5) is 14.0. The molecule has 3 nitrogen and oxygen atoms in total. The minimum absolute atomic E-state index is 0.0867. The van der Waals surface area contributed by atoms with Crippen molar-refractivity contribution in [3.63, 3.8) is 0 Å². The van der Waals surface area contributed by atoms with Crippen LogP contribution in [0.2, 0.25) is 0 Å². The van der Waals surface area contributed by atoms with Gasteiger partial charge in [0.25, 0.3) is 5.91 Å². The van der Waals surface area contributed by atoms with Crippen molar-refractivity contribution < 1.29 is 9.90 Å². The van der Waals surface area contributed by atoms with Crippen molar-refractivity contribution in [1.82, 2.24) is 4.90 Å². The van der Waals surface area contributed by atoms with E-state index < -0.39 is 0 Å². The Morgan fingerprint density at radius 1 is 1.50 bits per heavy atom. The van der Waals surface area contributed by atoms with Crippen LogP contribution in [0.15, 0.2) is 33.6 Å². The van der Waals surface area contributed by atoms with Crippen LogP contribution < -0.4 is 0 Å². The zero-order valence-corrected chi connectivity index (χ0v) is 12.5. The highest BCUT2D eigenvalue weighted by Crippen LogP contribution is 2.32. The monoisotopic (exact) mass is 343 g/mol. The molecule has 0 radical (unpaired) electrons. The van der Waals surface area contributed by atoms with Crippen LogP contribution in [0.3, 0.4) is 0 Å². The van der Waals surface area contributed by atoms with Crippen LogP contribution in [0, 0.1) is 0 Å². The molecule has 1 heterocycles. The number of β-amino-alcohol motifs (C(OH)–C–C–N with tert-alkyl or cyclic N) is 1. The summed E-state index contributed by atoms with van der Waals surface area (Å²) in [5.41, 5.74) is 0.939. The topological polar surface area (TPSA) is 40.5 Å². The quantitative estimate of drug-likeness (QED) is 0.676. The molecule has 2 rings (SSSR count). The highest BCUT2D eigenvalue weighted by molar-refractivity contribution is 9.10. The van der Waals surface area contributed by atoms with Crippen molar-refractivity contribution in [3.8, 4) is 0 Å². The van der Waals surface area contributed by atoms with Gasteiger partial charge >= 0.3 is 0 Å². The third-order valence-electron chi connectivity index (χ3n) is 2.34. The Morgan fingerprint density at radius 2 is 2.28 bits per heavy atom. The number of hydrogen-bond donors (Lipinski definition) is 1. The van der Waals surface area contributed by atoms with E-state index in [9.17, 15) is 4.79 Å². The molecule has 1 saturated heterocycles. The molecule has 94 valence electrons. The number of aliphatic hydroxyl groups is 1. The van der Waals surface area contributed by atoms with Gasteiger partial charge in [0.05, 0.1) is 18.1 Å². The van der Waals surface area contributed by atoms with Gasteiger partial charge in [0.15, 0.2) is 0 Å². The zero-order chi connectivity index (χ0) is 13.1. The Morgan fingerprint density at radius 3 is 2.94 bits per heavy atom. The summed E-state index contributed by atoms with van der Waals surface area (Å²) < 4.78 is 1.46. The van der Waals surface area contributed by atoms with E-state index in [1.54, 1.807) is 6.08 Å². The second-order valence-electron chi connectivity index (χ2n) is 3.61. The number of benzene rings is 1. The van der Waals surface area contributed by atoms with Crippen molar-refractivity contribution in [1.29, 1.82) is 0 Å². The molecule has 1 aromatic rings. The Labute approximate surface area is 123 Å². The lowest BCUT2D eigenvalue weighted by Gasteiger charge is -2.11. The standard InChI is InChI=1S/C12H10BrNO2S2/c13-9-3-1-2-8(6-9)7-10-11(16)14(4-5-15)12(17)18-10/h1-3,6-7,15H,4-5H2/b10-7-. The number of amides is 1. The number of nitrogens with zero attached hydrogens (tertiary/aromatic N) is 1. The van der Waals surface area contributed by atoms with E-state index in [0.717, 1.165) is 10.0 Å². The minimum atomic E-state index is -0.140. The fourth-order valence-electron chi connectivity index (χ4n) is 1.54. The Bertz CT molecular complexity index is 531. The summed E-state index contributed by atoms with van der Waals surface area (Å²) >= 11 is 9.76. The van der Waals surface area contributed by atoms with E-state index >= 15 is 0 Å². The predicted molar refractivity (Wildman–Crippen MR) is 81.1 cm³/mol. The van der Waals surface area contributed by atoms with Gasteiger partial charge in [0.1, 0.15) is 4.32 Å². The van der Waals surface area contributed by atoms with Crippen LogP contribution in [0.5, 0.6) is 0 Å². The first-order valence-corrected chi connectivity index (χ1v) is 7.25. The van der Waals surface area contributed by atoms with Crippen LogP contribution >= 0.6 is 39.9 Å². The molecule has 0 aliphatic carbocycles. The maximum atomic E-state index is 12.0. The zero-order valence-electron chi connectivity index (χ0n) is 9.30. The Hall–Kier alpha value is -0.690. The van der Waals surface area contributed by atoms with Crippen molar-refractivity contribution in [2.75, 3.05) is 13.2 Å². The lowest BCUT2D eigenvalue weighted by molar-refractivity contribution is -0.122. The Balaban J connectivity index is 2.25. The fraction of sp³-hybridized carbons (Fsp3) is 0.167. The van der Waals surface area contributed by atoms with Crippen molar-refractivity contribution in [2.24, 2.45) is 0 Å². The van der Waals surface area contributed by atoms with Crippen LogP contribution in [-0.4, -0.2) is 33.4 Å². The van der Waals surface area contributed by atoms with Gasteiger partial charge in [-0.3, -0.25) is 9.69 Å². The Kier molecular flexibility index (Phi) is 4.55. The molecule has 0 bridgehead atoms. The number of rotatable bonds is 3. The average molecular weight is 344 g/mol. The first kappa shape index (κ1) is 13.7. The first-order valence-electron chi connectivity index (χ1n) is 5.23. The highest BCUT2D eigenvalue weighted by atomic mass is 79.9. The second-order valence-corrected chi connectivity index (χ2v) is 6.20. The summed E-state index contributed by atoms with van der Waals surface area (Å²) in [5.74, 6) is -0.140. The van der Waals surface area contributed by atoms with E-state index in [0.29, 0.717) is 9.23 Å². The van der Waals surface area contributed by atoms with Gasteiger partial charge in [-0.1, -0.05) is 52.0 Å². The van der Waals surface area contributed by atoms with Crippen LogP contribution in [-0.2, 0) is 4.79 Å². The predicted octanol–water partition coefficient (Wildman–Crippen LogP) is 2.64. The number of thiocarbonyl (C=S) groups is 1. The molecule has 1 N–H and O–H groups in total. The van der Waals surface area contributed by atoms with Gasteiger partial charge in [0, 0.05) is 4.47 Å². The van der Waals surface area contributed by atoms with Gasteiger partial charge in [0.2, 0.25) is 0 Å². The SMILES string of the molecule is O=C1/C(=C/c2cccc(Br)c2)SC(=S)N1CCO. The maximum Gasteiger partial charge on any atom is 0.266 e. The largest absolute Gasteiger partial charge is 0.395 e. The smallest absolute Gasteiger partial charge is 0.266 e. The molecular formula is C12H10BrNO2S2. The summed E-state index contributed by atoms with van der Waals surface area (Å²) in [6, 6.07) is 7.68. The molecule has 1 amide bonds. The van der Waals surface area contributed by atoms with Gasteiger partial charge in [-0.2, -0.15) is 0 Å². The van der Waals surface area contributed by atoms with Crippen LogP contribution in [0.1, 0.15) is 5.56 Å². The van der Waals surface area contributed by atoms with E-state index in [-0.39, 0.29) is 19.1 Å². The van der Waals surface area contributed by atoms with Gasteiger partial charge in [-0.15, -0.1) is 0 Å². The van der Waals surface area contributed by atoms with Crippen molar-refractivity contribution >= 4 is 56.2 Å². The maximum absolute atomic E-state index is 12.0. The van der Waals surface area contributed by atoms with E-state index in [1.807, 2.05) is 24.3 Å². The third-order valence-corrected chi connectivity index (χ3v) is 4.21. The lowest BCUT2D eigenvalue weighted by Crippen LogP contribution is -2.30. The molecule has 6 heteroatoms. The fourth-order valence-corrected chi connectivity index (χ4v) is 3.27. The molecule has 0 aromatic heterocycles. The third kappa shape index (κ3) is 3.00. The average Bonchev–Trinajstić information content (AvgIpc) is 2.57. The summed E-state index contributed by atoms with van der Waals surface area (Å²) in [6.07, 6.45) is 1.81. The first-order chi connectivity index (χ1) is 8.61. The molecule has 1 aliphatic rings. The molecular weight excluding hydrogens is 334 g/mol. The number of hydrogen-bond acceptors (Lipinski definition) is 4. The van der Waals surface area contributed by atoms with Crippen molar-refractivity contribution in [3.05, 3.63) is 39.2 Å². The molecule has 0 atom stereocenters. The van der Waals surface area contributed by atoms with E-state index in [4.69, 9.17) is 17.3 Å². The van der Waals surface area contributed by atoms with Crippen molar-refractivity contribution in [2.45, 2.75) is 0 Å². The van der Waals surface area contributed by atoms with E-state index in [2.05, 4.69) is 15.9 Å². The molecule has 0 unspecified atom stereocenters. The second kappa shape index (κ2) is 5.97. The van der Waals surface area contributed by atoms with E-state index in [1.165, 1.54) is 16.7 Å². The van der Waals surface area contributed by atoms with Gasteiger partial charge in [-0.25, -0.2) is 0 Å². The molecule has 0 saturated carbocycles. The molecule has 1 fully saturated rings. The normalized spacial score (nSPS) is 17.9. The minimum Gasteiger partial charge on any atom is -0.395 e. The summed E-state index contributed by atoms with van der Waals surface area (Å²) in [5, 5.41) is 8.89. The molecule has 0 spiro atoms. The number of thioether (sulfide) groups is 1.